The van der Waals surface area contributed by atoms with Crippen molar-refractivity contribution in [3.05, 3.63) is 46.2 Å². The van der Waals surface area contributed by atoms with Gasteiger partial charge < -0.3 is 14.8 Å². The van der Waals surface area contributed by atoms with E-state index < -0.39 is 0 Å². The Hall–Kier alpha value is -2.05. The molecule has 4 rings (SSSR count). The van der Waals surface area contributed by atoms with Crippen LogP contribution < -0.4 is 14.8 Å². The lowest BCUT2D eigenvalue weighted by Crippen LogP contribution is -2.41. The van der Waals surface area contributed by atoms with Crippen molar-refractivity contribution in [2.24, 2.45) is 5.92 Å². The highest BCUT2D eigenvalue weighted by atomic mass is 32.1. The third-order valence-corrected chi connectivity index (χ3v) is 6.20. The second kappa shape index (κ2) is 7.68. The van der Waals surface area contributed by atoms with Crippen LogP contribution in [0.1, 0.15) is 41.0 Å². The Morgan fingerprint density at radius 3 is 2.88 bits per heavy atom. The largest absolute Gasteiger partial charge is 0.454 e. The number of ether oxygens (including phenoxy) is 2. The van der Waals surface area contributed by atoms with E-state index in [-0.39, 0.29) is 18.7 Å². The molecule has 3 heterocycles. The van der Waals surface area contributed by atoms with E-state index in [1.807, 2.05) is 12.1 Å². The Labute approximate surface area is 157 Å². The fourth-order valence-electron chi connectivity index (χ4n) is 3.62. The maximum Gasteiger partial charge on any atom is 0.255 e. The normalized spacial score (nSPS) is 18.7. The van der Waals surface area contributed by atoms with Crippen LogP contribution in [0.15, 0.2) is 35.7 Å². The number of fused-ring (bicyclic) bond motifs is 1. The summed E-state index contributed by atoms with van der Waals surface area (Å²) >= 11 is 1.76. The molecule has 0 saturated carbocycles. The second-order valence-corrected chi connectivity index (χ2v) is 7.98. The van der Waals surface area contributed by atoms with Gasteiger partial charge >= 0.3 is 0 Å². The van der Waals surface area contributed by atoms with E-state index in [1.54, 1.807) is 17.4 Å². The van der Waals surface area contributed by atoms with Gasteiger partial charge in [-0.25, -0.2) is 0 Å². The van der Waals surface area contributed by atoms with Gasteiger partial charge in [0.1, 0.15) is 0 Å². The fraction of sp³-hybridized carbons (Fsp3) is 0.450. The van der Waals surface area contributed by atoms with Gasteiger partial charge in [0, 0.05) is 11.4 Å². The van der Waals surface area contributed by atoms with E-state index in [4.69, 9.17) is 9.47 Å². The molecule has 2 aromatic rings. The van der Waals surface area contributed by atoms with Gasteiger partial charge in [-0.3, -0.25) is 9.69 Å². The number of thiophene rings is 1. The highest BCUT2D eigenvalue weighted by molar-refractivity contribution is 7.10. The Morgan fingerprint density at radius 2 is 2.12 bits per heavy atom. The Kier molecular flexibility index (Phi) is 5.13. The molecule has 1 saturated heterocycles. The molecule has 0 aliphatic carbocycles. The molecule has 1 N–H and O–H groups in total. The van der Waals surface area contributed by atoms with Crippen molar-refractivity contribution >= 4 is 17.2 Å². The first-order valence-corrected chi connectivity index (χ1v) is 10.0. The summed E-state index contributed by atoms with van der Waals surface area (Å²) < 4.78 is 10.8. The van der Waals surface area contributed by atoms with Crippen LogP contribution in [0, 0.1) is 5.92 Å². The highest BCUT2D eigenvalue weighted by Crippen LogP contribution is 2.35. The zero-order chi connectivity index (χ0) is 17.9. The number of hydrogen-bond acceptors (Lipinski definition) is 5. The monoisotopic (exact) mass is 372 g/mol. The minimum atomic E-state index is -0.112. The van der Waals surface area contributed by atoms with Gasteiger partial charge in [-0.05, 0) is 55.4 Å². The molecule has 0 spiro atoms. The van der Waals surface area contributed by atoms with Gasteiger partial charge in [0.2, 0.25) is 6.79 Å². The Morgan fingerprint density at radius 1 is 1.27 bits per heavy atom. The molecule has 1 aromatic heterocycles. The van der Waals surface area contributed by atoms with Gasteiger partial charge in [-0.15, -0.1) is 11.3 Å². The van der Waals surface area contributed by atoms with Crippen molar-refractivity contribution in [2.75, 3.05) is 26.4 Å². The van der Waals surface area contributed by atoms with E-state index in [2.05, 4.69) is 34.7 Å². The zero-order valence-electron chi connectivity index (χ0n) is 14.9. The minimum Gasteiger partial charge on any atom is -0.454 e. The van der Waals surface area contributed by atoms with Crippen LogP contribution in [0.2, 0.25) is 0 Å². The van der Waals surface area contributed by atoms with Gasteiger partial charge in [0.15, 0.2) is 11.5 Å². The second-order valence-electron chi connectivity index (χ2n) is 7.00. The zero-order valence-corrected chi connectivity index (χ0v) is 15.8. The molecule has 1 aromatic carbocycles. The predicted octanol–water partition coefficient (Wildman–Crippen LogP) is 3.68. The number of para-hydroxylation sites is 1. The first-order valence-electron chi connectivity index (χ1n) is 9.16. The average molecular weight is 372 g/mol. The Bertz CT molecular complexity index is 754. The molecule has 0 radical (unpaired) electrons. The van der Waals surface area contributed by atoms with Crippen molar-refractivity contribution in [1.82, 2.24) is 10.2 Å². The lowest BCUT2D eigenvalue weighted by Gasteiger charge is -2.36. The molecule has 138 valence electrons. The topological polar surface area (TPSA) is 50.8 Å². The molecule has 5 nitrogen and oxygen atoms in total. The quantitative estimate of drug-likeness (QED) is 0.870. The standard InChI is InChI=1S/C20H24N2O3S/c1-14-7-9-22(10-8-14)16(18-6-3-11-26-18)12-21-20(23)15-4-2-5-17-19(15)25-13-24-17/h2-6,11,14,16H,7-10,12-13H2,1H3,(H,21,23). The summed E-state index contributed by atoms with van der Waals surface area (Å²) in [6.07, 6.45) is 2.43. The third kappa shape index (κ3) is 3.57. The van der Waals surface area contributed by atoms with E-state index in [9.17, 15) is 4.79 Å². The number of rotatable bonds is 5. The summed E-state index contributed by atoms with van der Waals surface area (Å²) in [5.74, 6) is 1.86. The maximum absolute atomic E-state index is 12.8. The van der Waals surface area contributed by atoms with Crippen molar-refractivity contribution in [2.45, 2.75) is 25.8 Å². The molecular formula is C20H24N2O3S. The number of nitrogens with one attached hydrogen (secondary N) is 1. The first kappa shape index (κ1) is 17.4. The average Bonchev–Trinajstić information content (AvgIpc) is 3.34. The first-order chi connectivity index (χ1) is 12.7. The summed E-state index contributed by atoms with van der Waals surface area (Å²) in [6.45, 7) is 5.24. The molecule has 2 aliphatic rings. The third-order valence-electron chi connectivity index (χ3n) is 5.23. The molecular weight excluding hydrogens is 348 g/mol. The van der Waals surface area contributed by atoms with E-state index >= 15 is 0 Å². The Balaban J connectivity index is 1.47. The van der Waals surface area contributed by atoms with Crippen LogP contribution in [0.3, 0.4) is 0 Å². The summed E-state index contributed by atoms with van der Waals surface area (Å²) in [6, 6.07) is 9.90. The van der Waals surface area contributed by atoms with Crippen LogP contribution in [0.5, 0.6) is 11.5 Å². The number of carbonyl (C=O) groups is 1. The molecule has 26 heavy (non-hydrogen) atoms. The number of nitrogens with zero attached hydrogens (tertiary/aromatic N) is 1. The summed E-state index contributed by atoms with van der Waals surface area (Å²) in [5.41, 5.74) is 0.539. The van der Waals surface area contributed by atoms with Gasteiger partial charge in [-0.1, -0.05) is 19.1 Å². The van der Waals surface area contributed by atoms with Crippen LogP contribution in [0.25, 0.3) is 0 Å². The van der Waals surface area contributed by atoms with E-state index in [0.29, 0.717) is 23.6 Å². The van der Waals surface area contributed by atoms with Crippen molar-refractivity contribution in [3.63, 3.8) is 0 Å². The van der Waals surface area contributed by atoms with Crippen molar-refractivity contribution in [3.8, 4) is 11.5 Å². The minimum absolute atomic E-state index is 0.112. The number of carbonyl (C=O) groups excluding carboxylic acids is 1. The van der Waals surface area contributed by atoms with E-state index in [0.717, 1.165) is 19.0 Å². The molecule has 1 fully saturated rings. The molecule has 1 unspecified atom stereocenters. The van der Waals surface area contributed by atoms with E-state index in [1.165, 1.54) is 17.7 Å². The summed E-state index contributed by atoms with van der Waals surface area (Å²) in [4.78, 5) is 16.6. The SMILES string of the molecule is CC1CCN(C(CNC(=O)c2cccc3c2OCO3)c2cccs2)CC1. The maximum atomic E-state index is 12.8. The lowest BCUT2D eigenvalue weighted by atomic mass is 9.97. The van der Waals surface area contributed by atoms with Crippen LogP contribution in [0.4, 0.5) is 0 Å². The van der Waals surface area contributed by atoms with Crippen LogP contribution >= 0.6 is 11.3 Å². The molecule has 1 atom stereocenters. The summed E-state index contributed by atoms with van der Waals surface area (Å²) in [7, 11) is 0. The lowest BCUT2D eigenvalue weighted by molar-refractivity contribution is 0.0910. The predicted molar refractivity (Wildman–Crippen MR) is 102 cm³/mol. The molecule has 1 amide bonds. The molecule has 0 bridgehead atoms. The number of likely N-dealkylation sites (tertiary alicyclic amines) is 1. The highest BCUT2D eigenvalue weighted by Gasteiger charge is 2.27. The number of piperidine rings is 1. The van der Waals surface area contributed by atoms with Gasteiger partial charge in [-0.2, -0.15) is 0 Å². The number of hydrogen-bond donors (Lipinski definition) is 1. The number of benzene rings is 1. The smallest absolute Gasteiger partial charge is 0.255 e. The van der Waals surface area contributed by atoms with Crippen LogP contribution in [-0.2, 0) is 0 Å². The fourth-order valence-corrected chi connectivity index (χ4v) is 4.49. The number of amides is 1. The van der Waals surface area contributed by atoms with Crippen molar-refractivity contribution in [1.29, 1.82) is 0 Å². The summed E-state index contributed by atoms with van der Waals surface area (Å²) in [5, 5.41) is 5.22. The van der Waals surface area contributed by atoms with Crippen molar-refractivity contribution < 1.29 is 14.3 Å². The van der Waals surface area contributed by atoms with Gasteiger partial charge in [0.05, 0.1) is 11.6 Å². The molecule has 2 aliphatic heterocycles. The molecule has 6 heteroatoms. The van der Waals surface area contributed by atoms with Crippen LogP contribution in [-0.4, -0.2) is 37.2 Å². The van der Waals surface area contributed by atoms with Gasteiger partial charge in [0.25, 0.3) is 5.91 Å².